The number of hydrogen-bond donors (Lipinski definition) is 5. The van der Waals surface area contributed by atoms with Crippen molar-refractivity contribution in [1.29, 1.82) is 5.41 Å². The zero-order valence-corrected chi connectivity index (χ0v) is 23.2. The number of rotatable bonds is 4. The SMILES string of the molecule is C[C@@H]1C(=O)NC(Cc2ccc(C(=N)N)cc2)C(=O)NCCCc2cccc(c2)OCCNC(C2CC2)C(=O)N1C. The molecule has 3 atom stereocenters. The van der Waals surface area contributed by atoms with Crippen molar-refractivity contribution in [3.63, 3.8) is 0 Å². The third-order valence-corrected chi connectivity index (χ3v) is 7.58. The Labute approximate surface area is 235 Å². The van der Waals surface area contributed by atoms with Crippen LogP contribution >= 0.6 is 0 Å². The summed E-state index contributed by atoms with van der Waals surface area (Å²) in [5.41, 5.74) is 8.07. The second-order valence-electron chi connectivity index (χ2n) is 10.7. The fraction of sp³-hybridized carbons (Fsp3) is 0.467. The van der Waals surface area contributed by atoms with Crippen LogP contribution in [-0.2, 0) is 27.2 Å². The van der Waals surface area contributed by atoms with E-state index < -0.39 is 24.0 Å². The zero-order valence-electron chi connectivity index (χ0n) is 23.2. The van der Waals surface area contributed by atoms with Gasteiger partial charge in [-0.2, -0.15) is 0 Å². The predicted molar refractivity (Wildman–Crippen MR) is 153 cm³/mol. The van der Waals surface area contributed by atoms with Crippen molar-refractivity contribution >= 4 is 23.6 Å². The van der Waals surface area contributed by atoms with E-state index in [2.05, 4.69) is 16.0 Å². The lowest BCUT2D eigenvalue weighted by molar-refractivity contribution is -0.141. The highest BCUT2D eigenvalue weighted by Crippen LogP contribution is 2.33. The number of fused-ring (bicyclic) bond motifs is 2. The number of aryl methyl sites for hydroxylation is 1. The maximum atomic E-state index is 13.4. The third kappa shape index (κ3) is 7.81. The molecule has 2 bridgehead atoms. The first-order valence-corrected chi connectivity index (χ1v) is 14.0. The van der Waals surface area contributed by atoms with Gasteiger partial charge in [0.15, 0.2) is 0 Å². The Hall–Kier alpha value is -3.92. The Balaban J connectivity index is 1.53. The number of nitrogen functional groups attached to an aromatic ring is 1. The summed E-state index contributed by atoms with van der Waals surface area (Å²) >= 11 is 0. The first-order chi connectivity index (χ1) is 19.2. The van der Waals surface area contributed by atoms with E-state index in [4.69, 9.17) is 15.9 Å². The molecule has 10 nitrogen and oxygen atoms in total. The summed E-state index contributed by atoms with van der Waals surface area (Å²) in [4.78, 5) is 41.5. The molecule has 0 spiro atoms. The Morgan fingerprint density at radius 2 is 1.82 bits per heavy atom. The maximum Gasteiger partial charge on any atom is 0.243 e. The van der Waals surface area contributed by atoms with Crippen LogP contribution in [0.25, 0.3) is 0 Å². The lowest BCUT2D eigenvalue weighted by atomic mass is 10.0. The van der Waals surface area contributed by atoms with Gasteiger partial charge in [0.2, 0.25) is 17.7 Å². The van der Waals surface area contributed by atoms with Gasteiger partial charge < -0.3 is 31.3 Å². The van der Waals surface area contributed by atoms with Crippen LogP contribution in [0.5, 0.6) is 5.75 Å². The molecule has 2 unspecified atom stereocenters. The van der Waals surface area contributed by atoms with E-state index in [1.54, 1.807) is 38.2 Å². The van der Waals surface area contributed by atoms with Gasteiger partial charge in [-0.05, 0) is 61.8 Å². The molecular formula is C30H40N6O4. The zero-order chi connectivity index (χ0) is 28.6. The molecule has 4 rings (SSSR count). The quantitative estimate of drug-likeness (QED) is 0.288. The molecule has 1 aliphatic heterocycles. The van der Waals surface area contributed by atoms with Gasteiger partial charge in [-0.25, -0.2) is 0 Å². The van der Waals surface area contributed by atoms with Crippen molar-refractivity contribution in [1.82, 2.24) is 20.9 Å². The molecule has 0 saturated heterocycles. The van der Waals surface area contributed by atoms with Crippen molar-refractivity contribution < 1.29 is 19.1 Å². The number of nitrogens with one attached hydrogen (secondary N) is 4. The maximum absolute atomic E-state index is 13.4. The highest BCUT2D eigenvalue weighted by molar-refractivity contribution is 5.95. The van der Waals surface area contributed by atoms with E-state index in [0.717, 1.165) is 42.6 Å². The Kier molecular flexibility index (Phi) is 9.76. The van der Waals surface area contributed by atoms with E-state index >= 15 is 0 Å². The number of nitrogens with zero attached hydrogens (tertiary/aromatic N) is 1. The number of carbonyl (C=O) groups is 3. The molecule has 1 fully saturated rings. The van der Waals surface area contributed by atoms with Crippen molar-refractivity contribution in [3.05, 3.63) is 65.2 Å². The minimum Gasteiger partial charge on any atom is -0.492 e. The molecule has 2 aromatic rings. The van der Waals surface area contributed by atoms with E-state index in [-0.39, 0.29) is 30.0 Å². The normalized spacial score (nSPS) is 23.6. The van der Waals surface area contributed by atoms with Crippen LogP contribution in [0.1, 0.15) is 42.9 Å². The number of likely N-dealkylation sites (N-methyl/N-ethyl adjacent to an activating group) is 1. The van der Waals surface area contributed by atoms with Crippen molar-refractivity contribution in [2.24, 2.45) is 11.7 Å². The Bertz CT molecular complexity index is 1210. The summed E-state index contributed by atoms with van der Waals surface area (Å²) in [6, 6.07) is 12.9. The number of nitrogens with two attached hydrogens (primary N) is 1. The molecule has 3 amide bonds. The minimum atomic E-state index is -0.835. The first-order valence-electron chi connectivity index (χ1n) is 14.0. The number of carbonyl (C=O) groups excluding carboxylic acids is 3. The van der Waals surface area contributed by atoms with Crippen LogP contribution in [0.2, 0.25) is 0 Å². The Morgan fingerprint density at radius 1 is 1.07 bits per heavy atom. The first kappa shape index (κ1) is 29.1. The molecule has 0 aromatic heterocycles. The van der Waals surface area contributed by atoms with Crippen LogP contribution < -0.4 is 26.4 Å². The molecule has 1 aliphatic carbocycles. The Morgan fingerprint density at radius 3 is 2.52 bits per heavy atom. The summed E-state index contributed by atoms with van der Waals surface area (Å²) in [6.07, 6.45) is 3.67. The molecule has 0 radical (unpaired) electrons. The molecule has 1 heterocycles. The average molecular weight is 549 g/mol. The van der Waals surface area contributed by atoms with Gasteiger partial charge in [0.05, 0.1) is 6.04 Å². The van der Waals surface area contributed by atoms with E-state index in [1.165, 1.54) is 4.90 Å². The largest absolute Gasteiger partial charge is 0.492 e. The number of hydrogen-bond acceptors (Lipinski definition) is 6. The number of ether oxygens (including phenoxy) is 1. The van der Waals surface area contributed by atoms with Gasteiger partial charge in [0.25, 0.3) is 0 Å². The molecule has 6 N–H and O–H groups in total. The van der Waals surface area contributed by atoms with Crippen molar-refractivity contribution in [3.8, 4) is 5.75 Å². The number of amidine groups is 1. The highest BCUT2D eigenvalue weighted by atomic mass is 16.5. The summed E-state index contributed by atoms with van der Waals surface area (Å²) in [6.45, 7) is 3.05. The second kappa shape index (κ2) is 13.4. The van der Waals surface area contributed by atoms with Crippen molar-refractivity contribution in [2.75, 3.05) is 26.7 Å². The van der Waals surface area contributed by atoms with Crippen LogP contribution in [0.15, 0.2) is 48.5 Å². The van der Waals surface area contributed by atoms with Gasteiger partial charge in [-0.1, -0.05) is 36.4 Å². The van der Waals surface area contributed by atoms with Crippen LogP contribution in [-0.4, -0.2) is 73.3 Å². The fourth-order valence-corrected chi connectivity index (χ4v) is 4.83. The summed E-state index contributed by atoms with van der Waals surface area (Å²) in [7, 11) is 1.63. The molecule has 2 aliphatic rings. The second-order valence-corrected chi connectivity index (χ2v) is 10.7. The predicted octanol–water partition coefficient (Wildman–Crippen LogP) is 1.35. The third-order valence-electron chi connectivity index (χ3n) is 7.58. The standard InChI is InChI=1S/C30H40N6O4/c1-19-28(37)35-25(18-21-8-10-23(11-9-21)27(31)32)29(38)34-14-4-6-20-5-3-7-24(17-20)40-16-15-33-26(22-12-13-22)30(39)36(19)2/h3,5,7-11,17,19,22,25-26,33H,4,6,12-16,18H2,1-2H3,(H3,31,32)(H,34,38)(H,35,37)/t19-,25?,26?/m1/s1. The number of benzene rings is 2. The smallest absolute Gasteiger partial charge is 0.243 e. The fourth-order valence-electron chi connectivity index (χ4n) is 4.83. The summed E-state index contributed by atoms with van der Waals surface area (Å²) in [5, 5.41) is 16.8. The van der Waals surface area contributed by atoms with Gasteiger partial charge in [-0.3, -0.25) is 19.8 Å². The van der Waals surface area contributed by atoms with Gasteiger partial charge >= 0.3 is 0 Å². The highest BCUT2D eigenvalue weighted by Gasteiger charge is 2.39. The van der Waals surface area contributed by atoms with E-state index in [9.17, 15) is 14.4 Å². The number of amides is 3. The monoisotopic (exact) mass is 548 g/mol. The molecular weight excluding hydrogens is 508 g/mol. The lowest BCUT2D eigenvalue weighted by Crippen LogP contribution is -2.56. The van der Waals surface area contributed by atoms with Crippen molar-refractivity contribution in [2.45, 2.75) is 57.2 Å². The molecule has 214 valence electrons. The van der Waals surface area contributed by atoms with E-state index in [1.807, 2.05) is 24.3 Å². The summed E-state index contributed by atoms with van der Waals surface area (Å²) in [5.74, 6) is 0.125. The summed E-state index contributed by atoms with van der Waals surface area (Å²) < 4.78 is 5.93. The van der Waals surface area contributed by atoms with Crippen LogP contribution in [0.4, 0.5) is 0 Å². The average Bonchev–Trinajstić information content (AvgIpc) is 3.79. The molecule has 10 heteroatoms. The molecule has 2 aromatic carbocycles. The topological polar surface area (TPSA) is 150 Å². The van der Waals surface area contributed by atoms with Gasteiger partial charge in [-0.15, -0.1) is 0 Å². The van der Waals surface area contributed by atoms with Crippen LogP contribution in [0.3, 0.4) is 0 Å². The molecule has 1 saturated carbocycles. The van der Waals surface area contributed by atoms with E-state index in [0.29, 0.717) is 25.3 Å². The van der Waals surface area contributed by atoms with Gasteiger partial charge in [0.1, 0.15) is 30.3 Å². The minimum absolute atomic E-state index is 0.0397. The van der Waals surface area contributed by atoms with Gasteiger partial charge in [0, 0.05) is 32.1 Å². The van der Waals surface area contributed by atoms with Crippen LogP contribution in [0, 0.1) is 11.3 Å². The molecule has 40 heavy (non-hydrogen) atoms. The lowest BCUT2D eigenvalue weighted by Gasteiger charge is -2.30.